The van der Waals surface area contributed by atoms with Crippen LogP contribution < -0.4 is 5.73 Å². The van der Waals surface area contributed by atoms with E-state index in [2.05, 4.69) is 4.98 Å². The fourth-order valence-corrected chi connectivity index (χ4v) is 2.64. The number of para-hydroxylation sites is 1. The van der Waals surface area contributed by atoms with Gasteiger partial charge in [0, 0.05) is 29.1 Å². The van der Waals surface area contributed by atoms with Gasteiger partial charge >= 0.3 is 5.97 Å². The maximum Gasteiger partial charge on any atom is 0.328 e. The lowest BCUT2D eigenvalue weighted by Gasteiger charge is -2.24. The summed E-state index contributed by atoms with van der Waals surface area (Å²) in [7, 11) is 0. The first-order valence-corrected chi connectivity index (χ1v) is 6.74. The molecule has 0 radical (unpaired) electrons. The van der Waals surface area contributed by atoms with Crippen LogP contribution in [-0.2, 0) is 16.8 Å². The van der Waals surface area contributed by atoms with Gasteiger partial charge in [-0.3, -0.25) is 0 Å². The fourth-order valence-electron chi connectivity index (χ4n) is 2.64. The van der Waals surface area contributed by atoms with Gasteiger partial charge in [0.2, 0.25) is 0 Å². The quantitative estimate of drug-likeness (QED) is 0.687. The van der Waals surface area contributed by atoms with Gasteiger partial charge in [0.1, 0.15) is 5.54 Å². The Morgan fingerprint density at radius 2 is 1.76 bits per heavy atom. The maximum absolute atomic E-state index is 11.8. The maximum atomic E-state index is 11.8. The fraction of sp³-hybridized carbons (Fsp3) is 0.118. The van der Waals surface area contributed by atoms with Gasteiger partial charge in [-0.15, -0.1) is 0 Å². The minimum atomic E-state index is -1.46. The summed E-state index contributed by atoms with van der Waals surface area (Å²) in [6.07, 6.45) is 1.94. The van der Waals surface area contributed by atoms with E-state index in [1.54, 1.807) is 6.20 Å². The zero-order valence-corrected chi connectivity index (χ0v) is 11.4. The molecule has 0 bridgehead atoms. The molecule has 4 heteroatoms. The van der Waals surface area contributed by atoms with Crippen LogP contribution in [0.25, 0.3) is 10.9 Å². The van der Waals surface area contributed by atoms with Gasteiger partial charge in [0.05, 0.1) is 0 Å². The molecule has 0 spiro atoms. The Balaban J connectivity index is 2.11. The van der Waals surface area contributed by atoms with Crippen molar-refractivity contribution in [1.29, 1.82) is 0 Å². The highest BCUT2D eigenvalue weighted by Gasteiger charge is 2.38. The Morgan fingerprint density at radius 3 is 2.48 bits per heavy atom. The zero-order chi connectivity index (χ0) is 14.9. The first-order chi connectivity index (χ1) is 10.1. The van der Waals surface area contributed by atoms with Crippen LogP contribution in [-0.4, -0.2) is 16.1 Å². The third kappa shape index (κ3) is 2.30. The van der Waals surface area contributed by atoms with Crippen LogP contribution >= 0.6 is 0 Å². The SMILES string of the molecule is NC(Cc1ccccc1)(C(=O)O)c1c[nH]c2ccccc12. The first-order valence-electron chi connectivity index (χ1n) is 6.74. The molecule has 21 heavy (non-hydrogen) atoms. The molecule has 0 fully saturated rings. The van der Waals surface area contributed by atoms with Crippen molar-refractivity contribution in [2.75, 3.05) is 0 Å². The van der Waals surface area contributed by atoms with Gasteiger partial charge in [-0.25, -0.2) is 4.79 Å². The van der Waals surface area contributed by atoms with Crippen molar-refractivity contribution in [3.05, 3.63) is 71.9 Å². The lowest BCUT2D eigenvalue weighted by Crippen LogP contribution is -2.46. The van der Waals surface area contributed by atoms with Gasteiger partial charge in [-0.2, -0.15) is 0 Å². The molecule has 0 aliphatic rings. The molecule has 3 rings (SSSR count). The van der Waals surface area contributed by atoms with Crippen molar-refractivity contribution in [3.63, 3.8) is 0 Å². The predicted molar refractivity (Wildman–Crippen MR) is 81.9 cm³/mol. The number of aromatic amines is 1. The third-order valence-corrected chi connectivity index (χ3v) is 3.78. The molecule has 0 saturated heterocycles. The van der Waals surface area contributed by atoms with E-state index in [0.29, 0.717) is 5.56 Å². The van der Waals surface area contributed by atoms with Crippen LogP contribution in [0, 0.1) is 0 Å². The average molecular weight is 280 g/mol. The van der Waals surface area contributed by atoms with Crippen molar-refractivity contribution < 1.29 is 9.90 Å². The molecule has 1 aromatic heterocycles. The highest BCUT2D eigenvalue weighted by atomic mass is 16.4. The lowest BCUT2D eigenvalue weighted by molar-refractivity contribution is -0.143. The summed E-state index contributed by atoms with van der Waals surface area (Å²) < 4.78 is 0. The summed E-state index contributed by atoms with van der Waals surface area (Å²) in [5.41, 5.74) is 7.22. The summed E-state index contributed by atoms with van der Waals surface area (Å²) in [5.74, 6) is -1.03. The predicted octanol–water partition coefficient (Wildman–Crippen LogP) is 2.65. The number of nitrogens with two attached hydrogens (primary N) is 1. The Kier molecular flexibility index (Phi) is 3.23. The number of carboxylic acid groups (broad SMARTS) is 1. The van der Waals surface area contributed by atoms with E-state index in [4.69, 9.17) is 5.73 Å². The van der Waals surface area contributed by atoms with Gasteiger partial charge < -0.3 is 15.8 Å². The first kappa shape index (κ1) is 13.4. The molecule has 0 amide bonds. The molecule has 4 nitrogen and oxygen atoms in total. The number of carbonyl (C=O) groups is 1. The van der Waals surface area contributed by atoms with E-state index < -0.39 is 11.5 Å². The van der Waals surface area contributed by atoms with Crippen LogP contribution in [0.4, 0.5) is 0 Å². The summed E-state index contributed by atoms with van der Waals surface area (Å²) in [6, 6.07) is 17.0. The molecule has 4 N–H and O–H groups in total. The summed E-state index contributed by atoms with van der Waals surface area (Å²) in [4.78, 5) is 14.9. The standard InChI is InChI=1S/C17H16N2O2/c18-17(16(20)21,10-12-6-2-1-3-7-12)14-11-19-15-9-5-4-8-13(14)15/h1-9,11,19H,10,18H2,(H,20,21). The van der Waals surface area contributed by atoms with Crippen molar-refractivity contribution in [3.8, 4) is 0 Å². The van der Waals surface area contributed by atoms with Crippen molar-refractivity contribution in [2.45, 2.75) is 12.0 Å². The van der Waals surface area contributed by atoms with E-state index >= 15 is 0 Å². The second-order valence-electron chi connectivity index (χ2n) is 5.19. The molecule has 1 atom stereocenters. The number of rotatable bonds is 4. The third-order valence-electron chi connectivity index (χ3n) is 3.78. The van der Waals surface area contributed by atoms with Gasteiger partial charge in [-0.05, 0) is 11.6 Å². The molecule has 0 aliphatic carbocycles. The Morgan fingerprint density at radius 1 is 1.10 bits per heavy atom. The molecule has 0 saturated carbocycles. The van der Waals surface area contributed by atoms with Crippen LogP contribution in [0.3, 0.4) is 0 Å². The number of H-pyrrole nitrogens is 1. The second kappa shape index (κ2) is 5.07. The molecule has 1 heterocycles. The molecule has 106 valence electrons. The molecular weight excluding hydrogens is 264 g/mol. The normalized spacial score (nSPS) is 14.0. The summed E-state index contributed by atoms with van der Waals surface area (Å²) in [6.45, 7) is 0. The number of aromatic nitrogens is 1. The number of carboxylic acids is 1. The topological polar surface area (TPSA) is 79.1 Å². The van der Waals surface area contributed by atoms with Crippen LogP contribution in [0.2, 0.25) is 0 Å². The van der Waals surface area contributed by atoms with E-state index in [-0.39, 0.29) is 6.42 Å². The van der Waals surface area contributed by atoms with Crippen LogP contribution in [0.1, 0.15) is 11.1 Å². The van der Waals surface area contributed by atoms with Gasteiger partial charge in [0.25, 0.3) is 0 Å². The molecular formula is C17H16N2O2. The Hall–Kier alpha value is -2.59. The average Bonchev–Trinajstić information content (AvgIpc) is 2.92. The van der Waals surface area contributed by atoms with Gasteiger partial charge in [0.15, 0.2) is 0 Å². The Labute approximate surface area is 122 Å². The molecule has 1 unspecified atom stereocenters. The lowest BCUT2D eigenvalue weighted by atomic mass is 9.84. The number of benzene rings is 2. The largest absolute Gasteiger partial charge is 0.480 e. The van der Waals surface area contributed by atoms with Gasteiger partial charge in [-0.1, -0.05) is 48.5 Å². The minimum Gasteiger partial charge on any atom is -0.480 e. The molecule has 2 aromatic carbocycles. The molecule has 0 aliphatic heterocycles. The minimum absolute atomic E-state index is 0.241. The smallest absolute Gasteiger partial charge is 0.328 e. The van der Waals surface area contributed by atoms with E-state index in [1.807, 2.05) is 54.6 Å². The molecule has 3 aromatic rings. The highest BCUT2D eigenvalue weighted by molar-refractivity contribution is 5.91. The number of aliphatic carboxylic acids is 1. The van der Waals surface area contributed by atoms with E-state index in [9.17, 15) is 9.90 Å². The number of hydrogen-bond donors (Lipinski definition) is 3. The van der Waals surface area contributed by atoms with E-state index in [1.165, 1.54) is 0 Å². The van der Waals surface area contributed by atoms with Crippen molar-refractivity contribution >= 4 is 16.9 Å². The second-order valence-corrected chi connectivity index (χ2v) is 5.19. The van der Waals surface area contributed by atoms with Crippen molar-refractivity contribution in [2.24, 2.45) is 5.73 Å². The monoisotopic (exact) mass is 280 g/mol. The summed E-state index contributed by atoms with van der Waals surface area (Å²) in [5, 5.41) is 10.5. The highest BCUT2D eigenvalue weighted by Crippen LogP contribution is 2.30. The summed E-state index contributed by atoms with van der Waals surface area (Å²) >= 11 is 0. The van der Waals surface area contributed by atoms with Crippen molar-refractivity contribution in [1.82, 2.24) is 4.98 Å². The Bertz CT molecular complexity index is 780. The number of nitrogens with one attached hydrogen (secondary N) is 1. The number of fused-ring (bicyclic) bond motifs is 1. The zero-order valence-electron chi connectivity index (χ0n) is 11.4. The van der Waals surface area contributed by atoms with Crippen LogP contribution in [0.15, 0.2) is 60.8 Å². The van der Waals surface area contributed by atoms with E-state index in [0.717, 1.165) is 16.5 Å². The number of hydrogen-bond acceptors (Lipinski definition) is 2. The van der Waals surface area contributed by atoms with Crippen LogP contribution in [0.5, 0.6) is 0 Å².